The molecule has 1 atom stereocenters. The van der Waals surface area contributed by atoms with Gasteiger partial charge in [0, 0.05) is 12.6 Å². The van der Waals surface area contributed by atoms with Crippen molar-refractivity contribution in [2.75, 3.05) is 6.54 Å². The van der Waals surface area contributed by atoms with Crippen LogP contribution < -0.4 is 10.5 Å². The summed E-state index contributed by atoms with van der Waals surface area (Å²) in [5.41, 5.74) is 6.28. The standard InChI is InChI=1S/C11H16N2O4S.ClH/c1-8-2-4-10(5-3-8)18(16,17)13-9(7-12)6-11(14)15;/h2-5,9,13H,6-7,12H2,1H3,(H,14,15);1H. The molecule has 4 N–H and O–H groups in total. The SMILES string of the molecule is Cc1ccc(S(=O)(=O)NC(CN)CC(=O)O)cc1.Cl. The number of carbonyl (C=O) groups is 1. The number of nitrogens with one attached hydrogen (secondary N) is 1. The highest BCUT2D eigenvalue weighted by Gasteiger charge is 2.20. The van der Waals surface area contributed by atoms with Gasteiger partial charge in [0.25, 0.3) is 0 Å². The summed E-state index contributed by atoms with van der Waals surface area (Å²) >= 11 is 0. The summed E-state index contributed by atoms with van der Waals surface area (Å²) in [4.78, 5) is 10.6. The molecular formula is C11H17ClN2O4S. The van der Waals surface area contributed by atoms with E-state index in [4.69, 9.17) is 10.8 Å². The van der Waals surface area contributed by atoms with E-state index in [1.54, 1.807) is 12.1 Å². The number of rotatable bonds is 6. The van der Waals surface area contributed by atoms with Gasteiger partial charge in [-0.25, -0.2) is 13.1 Å². The normalized spacial score (nSPS) is 12.5. The molecule has 1 unspecified atom stereocenters. The molecule has 0 aliphatic heterocycles. The van der Waals surface area contributed by atoms with Gasteiger partial charge < -0.3 is 10.8 Å². The first kappa shape index (κ1) is 17.8. The maximum absolute atomic E-state index is 11.9. The third-order valence-corrected chi connectivity index (χ3v) is 3.90. The lowest BCUT2D eigenvalue weighted by atomic mass is 10.2. The van der Waals surface area contributed by atoms with Crippen LogP contribution in [0.2, 0.25) is 0 Å². The van der Waals surface area contributed by atoms with E-state index in [9.17, 15) is 13.2 Å². The van der Waals surface area contributed by atoms with E-state index >= 15 is 0 Å². The molecule has 19 heavy (non-hydrogen) atoms. The summed E-state index contributed by atoms with van der Waals surface area (Å²) in [5, 5.41) is 8.63. The summed E-state index contributed by atoms with van der Waals surface area (Å²) in [6.45, 7) is 1.77. The second kappa shape index (κ2) is 7.44. The third-order valence-electron chi connectivity index (χ3n) is 2.36. The van der Waals surface area contributed by atoms with Gasteiger partial charge >= 0.3 is 5.97 Å². The quantitative estimate of drug-likeness (QED) is 0.709. The summed E-state index contributed by atoms with van der Waals surface area (Å²) in [7, 11) is -3.73. The fraction of sp³-hybridized carbons (Fsp3) is 0.364. The number of carboxylic acids is 1. The van der Waals surface area contributed by atoms with Crippen molar-refractivity contribution < 1.29 is 18.3 Å². The maximum Gasteiger partial charge on any atom is 0.305 e. The van der Waals surface area contributed by atoms with Gasteiger partial charge in [0.05, 0.1) is 11.3 Å². The topological polar surface area (TPSA) is 109 Å². The molecular weight excluding hydrogens is 292 g/mol. The van der Waals surface area contributed by atoms with Crippen LogP contribution in [0.5, 0.6) is 0 Å². The fourth-order valence-electron chi connectivity index (χ4n) is 1.39. The van der Waals surface area contributed by atoms with Crippen LogP contribution in [0, 0.1) is 6.92 Å². The van der Waals surface area contributed by atoms with E-state index in [2.05, 4.69) is 4.72 Å². The Bertz CT molecular complexity index is 516. The van der Waals surface area contributed by atoms with Crippen molar-refractivity contribution in [2.24, 2.45) is 5.73 Å². The fourth-order valence-corrected chi connectivity index (χ4v) is 2.64. The van der Waals surface area contributed by atoms with Crippen molar-refractivity contribution in [3.05, 3.63) is 29.8 Å². The number of hydrogen-bond acceptors (Lipinski definition) is 4. The molecule has 0 radical (unpaired) electrons. The largest absolute Gasteiger partial charge is 0.481 e. The highest BCUT2D eigenvalue weighted by molar-refractivity contribution is 7.89. The predicted octanol–water partition coefficient (Wildman–Crippen LogP) is 0.497. The monoisotopic (exact) mass is 308 g/mol. The minimum atomic E-state index is -3.73. The lowest BCUT2D eigenvalue weighted by molar-refractivity contribution is -0.137. The molecule has 0 saturated carbocycles. The van der Waals surface area contributed by atoms with Gasteiger partial charge in [-0.15, -0.1) is 12.4 Å². The molecule has 1 rings (SSSR count). The number of sulfonamides is 1. The first-order valence-electron chi connectivity index (χ1n) is 5.36. The Morgan fingerprint density at radius 2 is 1.89 bits per heavy atom. The summed E-state index contributed by atoms with van der Waals surface area (Å²) in [6, 6.07) is 5.46. The van der Waals surface area contributed by atoms with Crippen LogP contribution in [0.4, 0.5) is 0 Å². The van der Waals surface area contributed by atoms with Crippen molar-refractivity contribution in [2.45, 2.75) is 24.3 Å². The Labute approximate surface area is 118 Å². The molecule has 0 bridgehead atoms. The van der Waals surface area contributed by atoms with Crippen LogP contribution in [0.1, 0.15) is 12.0 Å². The van der Waals surface area contributed by atoms with Crippen LogP contribution in [0.3, 0.4) is 0 Å². The van der Waals surface area contributed by atoms with Gasteiger partial charge in [-0.1, -0.05) is 17.7 Å². The molecule has 0 aliphatic rings. The van der Waals surface area contributed by atoms with E-state index in [0.29, 0.717) is 0 Å². The van der Waals surface area contributed by atoms with Gasteiger partial charge in [0.2, 0.25) is 10.0 Å². The molecule has 0 aliphatic carbocycles. The zero-order valence-corrected chi connectivity index (χ0v) is 12.0. The second-order valence-corrected chi connectivity index (χ2v) is 5.68. The smallest absolute Gasteiger partial charge is 0.305 e. The average Bonchev–Trinajstić information content (AvgIpc) is 2.27. The Morgan fingerprint density at radius 1 is 1.37 bits per heavy atom. The number of halogens is 1. The van der Waals surface area contributed by atoms with E-state index in [1.165, 1.54) is 12.1 Å². The Hall–Kier alpha value is -1.15. The highest BCUT2D eigenvalue weighted by Crippen LogP contribution is 2.10. The maximum atomic E-state index is 11.9. The molecule has 0 amide bonds. The van der Waals surface area contributed by atoms with Crippen molar-refractivity contribution in [3.8, 4) is 0 Å². The van der Waals surface area contributed by atoms with E-state index in [-0.39, 0.29) is 30.3 Å². The molecule has 8 heteroatoms. The minimum absolute atomic E-state index is 0. The number of carboxylic acid groups (broad SMARTS) is 1. The number of benzene rings is 1. The van der Waals surface area contributed by atoms with E-state index in [0.717, 1.165) is 5.56 Å². The lowest BCUT2D eigenvalue weighted by Crippen LogP contribution is -2.41. The summed E-state index contributed by atoms with van der Waals surface area (Å²) < 4.78 is 26.1. The van der Waals surface area contributed by atoms with Gasteiger partial charge in [0.1, 0.15) is 0 Å². The Morgan fingerprint density at radius 3 is 2.32 bits per heavy atom. The average molecular weight is 309 g/mol. The first-order chi connectivity index (χ1) is 8.35. The molecule has 6 nitrogen and oxygen atoms in total. The van der Waals surface area contributed by atoms with Gasteiger partial charge in [0.15, 0.2) is 0 Å². The Balaban J connectivity index is 0.00000324. The van der Waals surface area contributed by atoms with Crippen LogP contribution in [0.25, 0.3) is 0 Å². The zero-order valence-electron chi connectivity index (χ0n) is 10.4. The third kappa shape index (κ3) is 5.56. The number of aliphatic carboxylic acids is 1. The molecule has 0 aromatic heterocycles. The van der Waals surface area contributed by atoms with Crippen molar-refractivity contribution in [3.63, 3.8) is 0 Å². The lowest BCUT2D eigenvalue weighted by Gasteiger charge is -2.15. The van der Waals surface area contributed by atoms with Crippen molar-refractivity contribution in [1.29, 1.82) is 0 Å². The molecule has 0 heterocycles. The number of nitrogens with two attached hydrogens (primary N) is 1. The number of hydrogen-bond donors (Lipinski definition) is 3. The number of aryl methyl sites for hydroxylation is 1. The molecule has 0 spiro atoms. The predicted molar refractivity (Wildman–Crippen MR) is 73.8 cm³/mol. The van der Waals surface area contributed by atoms with Crippen LogP contribution in [-0.2, 0) is 14.8 Å². The Kier molecular flexibility index (Phi) is 6.99. The molecule has 0 fully saturated rings. The van der Waals surface area contributed by atoms with E-state index in [1.807, 2.05) is 6.92 Å². The molecule has 1 aromatic carbocycles. The summed E-state index contributed by atoms with van der Waals surface area (Å²) in [6.07, 6.45) is -0.346. The molecule has 108 valence electrons. The minimum Gasteiger partial charge on any atom is -0.481 e. The van der Waals surface area contributed by atoms with Crippen LogP contribution in [0.15, 0.2) is 29.2 Å². The molecule has 0 saturated heterocycles. The molecule has 1 aromatic rings. The second-order valence-electron chi connectivity index (χ2n) is 3.96. The zero-order chi connectivity index (χ0) is 13.8. The van der Waals surface area contributed by atoms with Crippen LogP contribution >= 0.6 is 12.4 Å². The van der Waals surface area contributed by atoms with Gasteiger partial charge in [-0.2, -0.15) is 0 Å². The van der Waals surface area contributed by atoms with Gasteiger partial charge in [-0.05, 0) is 19.1 Å². The van der Waals surface area contributed by atoms with Crippen molar-refractivity contribution >= 4 is 28.4 Å². The summed E-state index contributed by atoms with van der Waals surface area (Å²) in [5.74, 6) is -1.10. The van der Waals surface area contributed by atoms with Crippen LogP contribution in [-0.4, -0.2) is 32.1 Å². The van der Waals surface area contributed by atoms with Crippen molar-refractivity contribution in [1.82, 2.24) is 4.72 Å². The first-order valence-corrected chi connectivity index (χ1v) is 6.84. The van der Waals surface area contributed by atoms with Gasteiger partial charge in [-0.3, -0.25) is 4.79 Å². The van der Waals surface area contributed by atoms with E-state index < -0.39 is 22.0 Å². The highest BCUT2D eigenvalue weighted by atomic mass is 35.5.